The number of carbonyl (C=O) groups excluding carboxylic acids is 1. The number of para-hydroxylation sites is 1. The molecule has 114 valence electrons. The van der Waals surface area contributed by atoms with Crippen molar-refractivity contribution in [1.29, 1.82) is 0 Å². The number of esters is 1. The van der Waals surface area contributed by atoms with Gasteiger partial charge in [0.05, 0.1) is 11.3 Å². The van der Waals surface area contributed by atoms with E-state index in [9.17, 15) is 4.79 Å². The summed E-state index contributed by atoms with van der Waals surface area (Å²) in [6.45, 7) is 6.89. The van der Waals surface area contributed by atoms with E-state index < -0.39 is 0 Å². The minimum atomic E-state index is -0.302. The first kappa shape index (κ1) is 14.9. The van der Waals surface area contributed by atoms with Gasteiger partial charge in [0, 0.05) is 9.89 Å². The summed E-state index contributed by atoms with van der Waals surface area (Å²) in [6.07, 6.45) is 3.35. The van der Waals surface area contributed by atoms with E-state index in [0.717, 1.165) is 17.3 Å². The van der Waals surface area contributed by atoms with Crippen molar-refractivity contribution in [2.45, 2.75) is 46.1 Å². The van der Waals surface area contributed by atoms with Gasteiger partial charge in [0.25, 0.3) is 0 Å². The fraction of sp³-hybridized carbons (Fsp3) is 0.588. The van der Waals surface area contributed by atoms with Crippen LogP contribution in [-0.4, -0.2) is 12.1 Å². The Bertz CT molecular complexity index is 598. The molecule has 1 aromatic carbocycles. The molecule has 0 saturated heterocycles. The first-order valence-corrected chi connectivity index (χ1v) is 8.31. The number of ether oxygens (including phenoxy) is 1. The Kier molecular flexibility index (Phi) is 3.36. The molecule has 2 saturated carbocycles. The predicted molar refractivity (Wildman–Crippen MR) is 87.0 cm³/mol. The summed E-state index contributed by atoms with van der Waals surface area (Å²) < 4.78 is 6.60. The predicted octanol–water partition coefficient (Wildman–Crippen LogP) is 4.40. The van der Waals surface area contributed by atoms with Crippen molar-refractivity contribution in [1.82, 2.24) is 0 Å². The quantitative estimate of drug-likeness (QED) is 0.634. The maximum absolute atomic E-state index is 12.5. The highest BCUT2D eigenvalue weighted by Gasteiger charge is 2.62. The molecule has 0 spiro atoms. The molecule has 1 aromatic rings. The average molecular weight is 352 g/mol. The molecule has 2 aliphatic carbocycles. The number of hydrogen-bond donors (Lipinski definition) is 1. The summed E-state index contributed by atoms with van der Waals surface area (Å²) in [6, 6.07) is 5.36. The monoisotopic (exact) mass is 351 g/mol. The zero-order valence-electron chi connectivity index (χ0n) is 12.8. The number of nitrogens with two attached hydrogens (primary N) is 1. The Labute approximate surface area is 134 Å². The fourth-order valence-corrected chi connectivity index (χ4v) is 4.58. The van der Waals surface area contributed by atoms with Crippen LogP contribution in [0.3, 0.4) is 0 Å². The number of fused-ring (bicyclic) bond motifs is 2. The smallest absolute Gasteiger partial charge is 0.340 e. The van der Waals surface area contributed by atoms with E-state index in [1.165, 1.54) is 6.42 Å². The number of anilines is 1. The van der Waals surface area contributed by atoms with E-state index in [0.29, 0.717) is 17.2 Å². The van der Waals surface area contributed by atoms with E-state index in [4.69, 9.17) is 10.5 Å². The Balaban J connectivity index is 1.82. The van der Waals surface area contributed by atoms with E-state index in [-0.39, 0.29) is 22.9 Å². The average Bonchev–Trinajstić information content (AvgIpc) is 2.75. The molecule has 2 fully saturated rings. The van der Waals surface area contributed by atoms with Crippen molar-refractivity contribution >= 4 is 27.6 Å². The summed E-state index contributed by atoms with van der Waals surface area (Å²) in [7, 11) is 0. The topological polar surface area (TPSA) is 52.3 Å². The second kappa shape index (κ2) is 4.73. The number of carbonyl (C=O) groups is 1. The number of rotatable bonds is 2. The van der Waals surface area contributed by atoms with Gasteiger partial charge in [-0.15, -0.1) is 0 Å². The maximum atomic E-state index is 12.5. The van der Waals surface area contributed by atoms with Crippen LogP contribution in [0.15, 0.2) is 22.7 Å². The van der Waals surface area contributed by atoms with Crippen molar-refractivity contribution in [2.75, 3.05) is 5.73 Å². The highest BCUT2D eigenvalue weighted by atomic mass is 79.9. The normalized spacial score (nSPS) is 33.1. The lowest BCUT2D eigenvalue weighted by Gasteiger charge is -2.38. The van der Waals surface area contributed by atoms with E-state index >= 15 is 0 Å². The van der Waals surface area contributed by atoms with Gasteiger partial charge in [-0.2, -0.15) is 0 Å². The van der Waals surface area contributed by atoms with Gasteiger partial charge < -0.3 is 10.5 Å². The molecule has 4 heteroatoms. The molecule has 3 nitrogen and oxygen atoms in total. The minimum absolute atomic E-state index is 0.00266. The second-order valence-corrected chi connectivity index (χ2v) is 8.06. The molecule has 3 unspecified atom stereocenters. The van der Waals surface area contributed by atoms with Gasteiger partial charge in [-0.25, -0.2) is 4.79 Å². The van der Waals surface area contributed by atoms with Gasteiger partial charge in [-0.1, -0.05) is 26.8 Å². The lowest BCUT2D eigenvalue weighted by Crippen LogP contribution is -2.38. The third kappa shape index (κ3) is 2.02. The summed E-state index contributed by atoms with van der Waals surface area (Å²) >= 11 is 3.36. The molecule has 2 bridgehead atoms. The van der Waals surface area contributed by atoms with Crippen LogP contribution in [0.1, 0.15) is 50.4 Å². The van der Waals surface area contributed by atoms with Crippen LogP contribution in [0, 0.1) is 16.7 Å². The SMILES string of the molecule is CC1(C)C2CCC1(C)C(OC(=O)c1cccc(Br)c1N)C2. The van der Waals surface area contributed by atoms with Crippen LogP contribution in [0.5, 0.6) is 0 Å². The molecule has 3 atom stereocenters. The van der Waals surface area contributed by atoms with E-state index in [1.54, 1.807) is 6.07 Å². The Morgan fingerprint density at radius 1 is 1.38 bits per heavy atom. The Morgan fingerprint density at radius 3 is 2.67 bits per heavy atom. The van der Waals surface area contributed by atoms with Crippen molar-refractivity contribution < 1.29 is 9.53 Å². The van der Waals surface area contributed by atoms with Gasteiger partial charge in [-0.3, -0.25) is 0 Å². The Hall–Kier alpha value is -1.03. The lowest BCUT2D eigenvalue weighted by atomic mass is 9.70. The molecule has 0 radical (unpaired) electrons. The van der Waals surface area contributed by atoms with Crippen molar-refractivity contribution in [3.05, 3.63) is 28.2 Å². The molecule has 0 amide bonds. The zero-order valence-corrected chi connectivity index (χ0v) is 14.4. The van der Waals surface area contributed by atoms with E-state index in [2.05, 4.69) is 36.7 Å². The van der Waals surface area contributed by atoms with Gasteiger partial charge in [-0.05, 0) is 58.7 Å². The summed E-state index contributed by atoms with van der Waals surface area (Å²) in [5, 5.41) is 0. The van der Waals surface area contributed by atoms with Gasteiger partial charge in [0.2, 0.25) is 0 Å². The summed E-state index contributed by atoms with van der Waals surface area (Å²) in [5.41, 5.74) is 7.19. The van der Waals surface area contributed by atoms with Crippen LogP contribution in [0.4, 0.5) is 5.69 Å². The maximum Gasteiger partial charge on any atom is 0.340 e. The standard InChI is InChI=1S/C17H22BrNO2/c1-16(2)10-7-8-17(16,3)13(9-10)21-15(20)11-5-4-6-12(18)14(11)19/h4-6,10,13H,7-9,19H2,1-3H3. The van der Waals surface area contributed by atoms with Crippen molar-refractivity contribution in [3.63, 3.8) is 0 Å². The highest BCUT2D eigenvalue weighted by Crippen LogP contribution is 2.66. The first-order valence-electron chi connectivity index (χ1n) is 7.52. The van der Waals surface area contributed by atoms with Crippen LogP contribution < -0.4 is 5.73 Å². The molecule has 3 rings (SSSR count). The minimum Gasteiger partial charge on any atom is -0.458 e. The van der Waals surface area contributed by atoms with Gasteiger partial charge >= 0.3 is 5.97 Å². The number of nitrogen functional groups attached to an aromatic ring is 1. The van der Waals surface area contributed by atoms with Crippen LogP contribution in [0.25, 0.3) is 0 Å². The number of halogens is 1. The number of hydrogen-bond acceptors (Lipinski definition) is 3. The second-order valence-electron chi connectivity index (χ2n) is 7.21. The molecule has 2 N–H and O–H groups in total. The van der Waals surface area contributed by atoms with Crippen LogP contribution in [0.2, 0.25) is 0 Å². The van der Waals surface area contributed by atoms with Crippen LogP contribution >= 0.6 is 15.9 Å². The molecule has 0 heterocycles. The Morgan fingerprint density at radius 2 is 2.10 bits per heavy atom. The fourth-order valence-electron chi connectivity index (χ4n) is 4.22. The van der Waals surface area contributed by atoms with Gasteiger partial charge in [0.1, 0.15) is 6.10 Å². The van der Waals surface area contributed by atoms with Crippen LogP contribution in [-0.2, 0) is 4.74 Å². The zero-order chi connectivity index (χ0) is 15.4. The summed E-state index contributed by atoms with van der Waals surface area (Å²) in [4.78, 5) is 12.5. The highest BCUT2D eigenvalue weighted by molar-refractivity contribution is 9.10. The van der Waals surface area contributed by atoms with E-state index in [1.807, 2.05) is 12.1 Å². The third-order valence-corrected chi connectivity index (χ3v) is 6.93. The molecule has 2 aliphatic rings. The largest absolute Gasteiger partial charge is 0.458 e. The van der Waals surface area contributed by atoms with Crippen molar-refractivity contribution in [3.8, 4) is 0 Å². The first-order chi connectivity index (χ1) is 9.77. The summed E-state index contributed by atoms with van der Waals surface area (Å²) in [5.74, 6) is 0.350. The molecule has 0 aliphatic heterocycles. The molecular formula is C17H22BrNO2. The van der Waals surface area contributed by atoms with Gasteiger partial charge in [0.15, 0.2) is 0 Å². The third-order valence-electron chi connectivity index (χ3n) is 6.24. The molecule has 21 heavy (non-hydrogen) atoms. The lowest BCUT2D eigenvalue weighted by molar-refractivity contribution is -0.0241. The molecular weight excluding hydrogens is 330 g/mol. The van der Waals surface area contributed by atoms with Crippen molar-refractivity contribution in [2.24, 2.45) is 16.7 Å². The molecule has 0 aromatic heterocycles. The number of benzene rings is 1.